The molecule has 0 spiro atoms. The number of furan rings is 1. The summed E-state index contributed by atoms with van der Waals surface area (Å²) in [7, 11) is 1.83. The average molecular weight is 382 g/mol. The summed E-state index contributed by atoms with van der Waals surface area (Å²) in [5, 5.41) is 6.97. The number of aryl methyl sites for hydroxylation is 1. The van der Waals surface area contributed by atoms with E-state index in [-0.39, 0.29) is 5.91 Å². The lowest BCUT2D eigenvalue weighted by Gasteiger charge is -2.21. The summed E-state index contributed by atoms with van der Waals surface area (Å²) in [4.78, 5) is 16.9. The number of nitrogens with zero attached hydrogens (tertiary/aromatic N) is 3. The Balaban J connectivity index is 1.39. The van der Waals surface area contributed by atoms with Crippen LogP contribution < -0.4 is 5.32 Å². The zero-order valence-corrected chi connectivity index (χ0v) is 16.0. The predicted octanol–water partition coefficient (Wildman–Crippen LogP) is 4.18. The molecule has 3 aromatic rings. The summed E-state index contributed by atoms with van der Waals surface area (Å²) >= 11 is 1.58. The van der Waals surface area contributed by atoms with Crippen LogP contribution in [-0.4, -0.2) is 33.7 Å². The largest absolute Gasteiger partial charge is 0.465 e. The second kappa shape index (κ2) is 7.94. The molecule has 1 aliphatic rings. The Morgan fingerprint density at radius 2 is 2.37 bits per heavy atom. The minimum Gasteiger partial charge on any atom is -0.465 e. The lowest BCUT2D eigenvalue weighted by atomic mass is 10.2. The van der Waals surface area contributed by atoms with Crippen LogP contribution in [0.1, 0.15) is 39.2 Å². The number of likely N-dealkylation sites (tertiary alicyclic amines) is 1. The van der Waals surface area contributed by atoms with E-state index in [0.29, 0.717) is 11.7 Å². The van der Waals surface area contributed by atoms with Crippen LogP contribution >= 0.6 is 11.3 Å². The van der Waals surface area contributed by atoms with Crippen LogP contribution in [-0.2, 0) is 7.05 Å². The van der Waals surface area contributed by atoms with E-state index in [4.69, 9.17) is 4.42 Å². The third-order valence-electron chi connectivity index (χ3n) is 4.67. The Morgan fingerprint density at radius 3 is 3.15 bits per heavy atom. The minimum atomic E-state index is -0.0819. The maximum absolute atomic E-state index is 12.5. The first kappa shape index (κ1) is 17.8. The van der Waals surface area contributed by atoms with Gasteiger partial charge in [0.15, 0.2) is 0 Å². The fourth-order valence-corrected chi connectivity index (χ4v) is 4.46. The van der Waals surface area contributed by atoms with Gasteiger partial charge in [-0.3, -0.25) is 14.4 Å². The third-order valence-corrected chi connectivity index (χ3v) is 5.86. The number of hydrogen-bond donors (Lipinski definition) is 1. The average Bonchev–Trinajstić information content (AvgIpc) is 3.43. The number of aromatic nitrogens is 2. The van der Waals surface area contributed by atoms with Crippen LogP contribution in [0.2, 0.25) is 0 Å². The monoisotopic (exact) mass is 382 g/mol. The standard InChI is InChI=1S/C20H22N4O2S/c1-23-14-15(13-21-23)22-20(25)19-9-8-18(27-19)17-7-3-11-24(17)10-2-5-16-6-4-12-26-16/h2,4-6,8-9,12-14,17H,3,7,10-11H2,1H3,(H,22,25)/b5-2+. The van der Waals surface area contributed by atoms with Crippen LogP contribution in [0.25, 0.3) is 6.08 Å². The van der Waals surface area contributed by atoms with Gasteiger partial charge in [0, 0.05) is 30.7 Å². The number of anilines is 1. The van der Waals surface area contributed by atoms with Gasteiger partial charge in [-0.2, -0.15) is 5.10 Å². The van der Waals surface area contributed by atoms with Gasteiger partial charge < -0.3 is 9.73 Å². The van der Waals surface area contributed by atoms with Gasteiger partial charge in [0.1, 0.15) is 5.76 Å². The van der Waals surface area contributed by atoms with E-state index in [9.17, 15) is 4.79 Å². The number of carbonyl (C=O) groups is 1. The first-order valence-electron chi connectivity index (χ1n) is 9.03. The molecule has 1 unspecified atom stereocenters. The Labute approximate surface area is 162 Å². The van der Waals surface area contributed by atoms with Gasteiger partial charge >= 0.3 is 0 Å². The smallest absolute Gasteiger partial charge is 0.265 e. The molecule has 4 heterocycles. The first-order chi connectivity index (χ1) is 13.2. The molecule has 27 heavy (non-hydrogen) atoms. The lowest BCUT2D eigenvalue weighted by Crippen LogP contribution is -2.22. The molecule has 1 N–H and O–H groups in total. The van der Waals surface area contributed by atoms with E-state index < -0.39 is 0 Å². The number of carbonyl (C=O) groups excluding carboxylic acids is 1. The van der Waals surface area contributed by atoms with Gasteiger partial charge in [-0.1, -0.05) is 6.08 Å². The van der Waals surface area contributed by atoms with E-state index in [1.165, 1.54) is 11.3 Å². The fourth-order valence-electron chi connectivity index (χ4n) is 3.39. The van der Waals surface area contributed by atoms with Crippen molar-refractivity contribution in [1.29, 1.82) is 0 Å². The van der Waals surface area contributed by atoms with Gasteiger partial charge in [-0.05, 0) is 49.7 Å². The highest BCUT2D eigenvalue weighted by molar-refractivity contribution is 7.14. The van der Waals surface area contributed by atoms with Gasteiger partial charge in [-0.25, -0.2) is 0 Å². The lowest BCUT2D eigenvalue weighted by molar-refractivity contribution is 0.103. The Morgan fingerprint density at radius 1 is 1.44 bits per heavy atom. The molecule has 1 atom stereocenters. The van der Waals surface area contributed by atoms with Crippen molar-refractivity contribution in [2.45, 2.75) is 18.9 Å². The van der Waals surface area contributed by atoms with Crippen molar-refractivity contribution < 1.29 is 9.21 Å². The molecule has 0 radical (unpaired) electrons. The minimum absolute atomic E-state index is 0.0819. The van der Waals surface area contributed by atoms with E-state index >= 15 is 0 Å². The number of hydrogen-bond acceptors (Lipinski definition) is 5. The highest BCUT2D eigenvalue weighted by Crippen LogP contribution is 2.36. The van der Waals surface area contributed by atoms with Crippen LogP contribution in [0.5, 0.6) is 0 Å². The fraction of sp³-hybridized carbons (Fsp3) is 0.300. The van der Waals surface area contributed by atoms with Gasteiger partial charge in [0.25, 0.3) is 5.91 Å². The first-order valence-corrected chi connectivity index (χ1v) is 9.84. The second-order valence-corrected chi connectivity index (χ2v) is 7.74. The Hall–Kier alpha value is -2.64. The van der Waals surface area contributed by atoms with Crippen molar-refractivity contribution in [2.24, 2.45) is 7.05 Å². The maximum atomic E-state index is 12.5. The molecule has 0 aliphatic carbocycles. The SMILES string of the molecule is Cn1cc(NC(=O)c2ccc(C3CCCN3C/C=C/c3ccco3)s2)cn1. The number of thiophene rings is 1. The van der Waals surface area contributed by atoms with Crippen molar-refractivity contribution >= 4 is 29.0 Å². The van der Waals surface area contributed by atoms with E-state index in [1.807, 2.05) is 31.3 Å². The maximum Gasteiger partial charge on any atom is 0.265 e. The molecule has 6 nitrogen and oxygen atoms in total. The molecule has 1 fully saturated rings. The zero-order chi connectivity index (χ0) is 18.6. The number of amides is 1. The number of nitrogens with one attached hydrogen (secondary N) is 1. The quantitative estimate of drug-likeness (QED) is 0.695. The topological polar surface area (TPSA) is 63.3 Å². The summed E-state index contributed by atoms with van der Waals surface area (Å²) in [5.74, 6) is 0.790. The van der Waals surface area contributed by atoms with Crippen LogP contribution in [0, 0.1) is 0 Å². The van der Waals surface area contributed by atoms with Crippen molar-refractivity contribution in [3.05, 3.63) is 64.5 Å². The van der Waals surface area contributed by atoms with Crippen LogP contribution in [0.3, 0.4) is 0 Å². The second-order valence-electron chi connectivity index (χ2n) is 6.63. The third kappa shape index (κ3) is 4.20. The zero-order valence-electron chi connectivity index (χ0n) is 15.2. The Bertz CT molecular complexity index is 926. The molecular formula is C20H22N4O2S. The summed E-state index contributed by atoms with van der Waals surface area (Å²) in [6.45, 7) is 1.95. The molecule has 4 rings (SSSR count). The summed E-state index contributed by atoms with van der Waals surface area (Å²) in [6.07, 6.45) is 11.6. The van der Waals surface area contributed by atoms with Crippen molar-refractivity contribution in [3.8, 4) is 0 Å². The molecule has 0 saturated carbocycles. The van der Waals surface area contributed by atoms with Crippen LogP contribution in [0.4, 0.5) is 5.69 Å². The van der Waals surface area contributed by atoms with E-state index in [1.54, 1.807) is 34.7 Å². The molecule has 1 amide bonds. The molecule has 140 valence electrons. The van der Waals surface area contributed by atoms with Crippen molar-refractivity contribution in [3.63, 3.8) is 0 Å². The summed E-state index contributed by atoms with van der Waals surface area (Å²) in [5.41, 5.74) is 0.711. The van der Waals surface area contributed by atoms with Gasteiger partial charge in [-0.15, -0.1) is 11.3 Å². The molecule has 3 aromatic heterocycles. The summed E-state index contributed by atoms with van der Waals surface area (Å²) < 4.78 is 7.00. The van der Waals surface area contributed by atoms with Gasteiger partial charge in [0.05, 0.1) is 23.0 Å². The molecule has 0 bridgehead atoms. The van der Waals surface area contributed by atoms with Crippen molar-refractivity contribution in [1.82, 2.24) is 14.7 Å². The predicted molar refractivity (Wildman–Crippen MR) is 107 cm³/mol. The molecule has 1 saturated heterocycles. The molecule has 0 aromatic carbocycles. The molecule has 7 heteroatoms. The van der Waals surface area contributed by atoms with Crippen LogP contribution in [0.15, 0.2) is 53.4 Å². The number of rotatable bonds is 6. The van der Waals surface area contributed by atoms with Gasteiger partial charge in [0.2, 0.25) is 0 Å². The molecular weight excluding hydrogens is 360 g/mol. The highest BCUT2D eigenvalue weighted by atomic mass is 32.1. The van der Waals surface area contributed by atoms with E-state index in [2.05, 4.69) is 27.5 Å². The highest BCUT2D eigenvalue weighted by Gasteiger charge is 2.27. The van der Waals surface area contributed by atoms with E-state index in [0.717, 1.165) is 30.1 Å². The Kier molecular flexibility index (Phi) is 5.22. The van der Waals surface area contributed by atoms with Crippen molar-refractivity contribution in [2.75, 3.05) is 18.4 Å². The molecule has 1 aliphatic heterocycles. The summed E-state index contributed by atoms with van der Waals surface area (Å²) in [6, 6.07) is 8.21. The normalized spacial score (nSPS) is 17.7.